The van der Waals surface area contributed by atoms with Crippen molar-refractivity contribution in [3.8, 4) is 0 Å². The highest BCUT2D eigenvalue weighted by atomic mass is 16.6. The Morgan fingerprint density at radius 2 is 1.80 bits per heavy atom. The fourth-order valence-corrected chi connectivity index (χ4v) is 9.90. The van der Waals surface area contributed by atoms with Crippen molar-refractivity contribution < 1.29 is 33.7 Å². The predicted molar refractivity (Wildman–Crippen MR) is 123 cm³/mol. The van der Waals surface area contributed by atoms with Crippen LogP contribution in [0.2, 0.25) is 0 Å². The Morgan fingerprint density at radius 1 is 1.03 bits per heavy atom. The molecule has 1 N–H and O–H groups in total. The number of carbonyl (C=O) groups excluding carboxylic acids is 3. The number of cyclic esters (lactones) is 2. The number of allylic oxidation sites excluding steroid dienone is 1. The van der Waals surface area contributed by atoms with E-state index in [-0.39, 0.29) is 47.5 Å². The van der Waals surface area contributed by atoms with E-state index in [9.17, 15) is 19.5 Å². The second-order valence-electron chi connectivity index (χ2n) is 12.7. The van der Waals surface area contributed by atoms with E-state index < -0.39 is 34.2 Å². The summed E-state index contributed by atoms with van der Waals surface area (Å²) in [5.74, 6) is -0.133. The van der Waals surface area contributed by atoms with Gasteiger partial charge in [-0.25, -0.2) is 4.79 Å². The number of hydrogen-bond donors (Lipinski definition) is 1. The molecular formula is C28H34O7. The Bertz CT molecular complexity index is 1140. The quantitative estimate of drug-likeness (QED) is 0.453. The number of ketones is 1. The smallest absolute Gasteiger partial charge is 0.334 e. The predicted octanol–water partition coefficient (Wildman–Crippen LogP) is 3.04. The van der Waals surface area contributed by atoms with E-state index in [0.29, 0.717) is 18.4 Å². The number of carbonyl (C=O) groups is 3. The first-order valence-electron chi connectivity index (χ1n) is 13.2. The fourth-order valence-electron chi connectivity index (χ4n) is 9.90. The lowest BCUT2D eigenvalue weighted by Crippen LogP contribution is -2.64. The summed E-state index contributed by atoms with van der Waals surface area (Å²) >= 11 is 0. The summed E-state index contributed by atoms with van der Waals surface area (Å²) in [4.78, 5) is 39.7. The molecular weight excluding hydrogens is 448 g/mol. The van der Waals surface area contributed by atoms with Crippen LogP contribution in [0.25, 0.3) is 0 Å². The summed E-state index contributed by atoms with van der Waals surface area (Å²) < 4.78 is 18.3. The number of aliphatic hydroxyl groups is 1. The van der Waals surface area contributed by atoms with Gasteiger partial charge in [0, 0.05) is 17.9 Å². The molecule has 0 bridgehead atoms. The molecule has 4 aliphatic carbocycles. The van der Waals surface area contributed by atoms with Gasteiger partial charge in [0.05, 0.1) is 16.9 Å². The van der Waals surface area contributed by atoms with Crippen LogP contribution in [-0.2, 0) is 28.6 Å². The number of ether oxygens (including phenoxy) is 3. The summed E-state index contributed by atoms with van der Waals surface area (Å²) in [5, 5.41) is 10.8. The maximum Gasteiger partial charge on any atom is 0.334 e. The molecule has 0 aromatic heterocycles. The van der Waals surface area contributed by atoms with Gasteiger partial charge in [-0.05, 0) is 89.7 Å². The summed E-state index contributed by atoms with van der Waals surface area (Å²) in [5.41, 5.74) is -1.42. The summed E-state index contributed by atoms with van der Waals surface area (Å²) in [6.45, 7) is 7.69. The van der Waals surface area contributed by atoms with Gasteiger partial charge >= 0.3 is 11.9 Å². The monoisotopic (exact) mass is 482 g/mol. The average molecular weight is 483 g/mol. The van der Waals surface area contributed by atoms with Gasteiger partial charge in [0.1, 0.15) is 17.8 Å². The van der Waals surface area contributed by atoms with Gasteiger partial charge < -0.3 is 19.3 Å². The maximum atomic E-state index is 13.8. The van der Waals surface area contributed by atoms with E-state index in [1.807, 2.05) is 20.8 Å². The second kappa shape index (κ2) is 6.46. The molecule has 11 unspecified atom stereocenters. The van der Waals surface area contributed by atoms with Crippen LogP contribution in [0.3, 0.4) is 0 Å². The molecule has 188 valence electrons. The van der Waals surface area contributed by atoms with Gasteiger partial charge in [-0.15, -0.1) is 0 Å². The molecule has 0 radical (unpaired) electrons. The Morgan fingerprint density at radius 3 is 2.54 bits per heavy atom. The Hall–Kier alpha value is -1.99. The average Bonchev–Trinajstić information content (AvgIpc) is 3.34. The molecule has 0 amide bonds. The lowest BCUT2D eigenvalue weighted by Gasteiger charge is -2.56. The molecule has 0 aromatic rings. The van der Waals surface area contributed by atoms with E-state index in [2.05, 4.69) is 0 Å². The van der Waals surface area contributed by atoms with Crippen LogP contribution in [-0.4, -0.2) is 52.3 Å². The van der Waals surface area contributed by atoms with Gasteiger partial charge in [-0.3, -0.25) is 9.59 Å². The highest BCUT2D eigenvalue weighted by Gasteiger charge is 2.82. The zero-order valence-electron chi connectivity index (χ0n) is 20.8. The highest BCUT2D eigenvalue weighted by Crippen LogP contribution is 2.75. The van der Waals surface area contributed by atoms with Crippen LogP contribution in [0, 0.1) is 34.5 Å². The number of esters is 2. The molecule has 7 nitrogen and oxygen atoms in total. The zero-order valence-corrected chi connectivity index (χ0v) is 20.8. The molecule has 5 fully saturated rings. The van der Waals surface area contributed by atoms with Crippen molar-refractivity contribution in [2.75, 3.05) is 0 Å². The molecule has 2 saturated heterocycles. The molecule has 7 heteroatoms. The van der Waals surface area contributed by atoms with Gasteiger partial charge in [-0.1, -0.05) is 5.57 Å². The summed E-state index contributed by atoms with van der Waals surface area (Å²) in [6, 6.07) is 0. The van der Waals surface area contributed by atoms with E-state index in [1.54, 1.807) is 13.0 Å². The Labute approximate surface area is 205 Å². The van der Waals surface area contributed by atoms with Crippen LogP contribution in [0.1, 0.15) is 66.2 Å². The van der Waals surface area contributed by atoms with Crippen LogP contribution in [0.15, 0.2) is 23.3 Å². The standard InChI is InChI=1S/C28H34O7/c1-13-11-21(33-23(31)14(13)2)26(4)18-6-5-17-15-12-22-28(34-22)20(30)8-7-19(29)25(28,3)16(15)9-10-27(17,18)24(32)35-26/h7-8,15-18,20-22,30H,5-6,9-12H2,1-4H3. The summed E-state index contributed by atoms with van der Waals surface area (Å²) in [7, 11) is 0. The largest absolute Gasteiger partial charge is 0.455 e. The molecule has 35 heavy (non-hydrogen) atoms. The lowest BCUT2D eigenvalue weighted by atomic mass is 9.44. The Balaban J connectivity index is 1.25. The minimum Gasteiger partial charge on any atom is -0.455 e. The second-order valence-corrected chi connectivity index (χ2v) is 12.7. The molecule has 2 spiro atoms. The minimum absolute atomic E-state index is 0.0235. The van der Waals surface area contributed by atoms with Crippen molar-refractivity contribution in [1.82, 2.24) is 0 Å². The molecule has 3 saturated carbocycles. The van der Waals surface area contributed by atoms with Crippen molar-refractivity contribution in [2.24, 2.45) is 34.5 Å². The minimum atomic E-state index is -0.853. The third-order valence-corrected chi connectivity index (χ3v) is 11.8. The zero-order chi connectivity index (χ0) is 24.7. The van der Waals surface area contributed by atoms with Gasteiger partial charge in [0.25, 0.3) is 0 Å². The van der Waals surface area contributed by atoms with E-state index >= 15 is 0 Å². The van der Waals surface area contributed by atoms with Crippen molar-refractivity contribution in [2.45, 2.75) is 95.7 Å². The number of rotatable bonds is 1. The van der Waals surface area contributed by atoms with E-state index in [0.717, 1.165) is 31.3 Å². The third kappa shape index (κ3) is 2.26. The van der Waals surface area contributed by atoms with Gasteiger partial charge in [-0.2, -0.15) is 0 Å². The van der Waals surface area contributed by atoms with Crippen LogP contribution < -0.4 is 0 Å². The normalized spacial score (nSPS) is 55.9. The summed E-state index contributed by atoms with van der Waals surface area (Å²) in [6.07, 6.45) is 6.19. The topological polar surface area (TPSA) is 102 Å². The molecule has 3 heterocycles. The molecule has 11 atom stereocenters. The van der Waals surface area contributed by atoms with Crippen molar-refractivity contribution >= 4 is 17.7 Å². The first-order chi connectivity index (χ1) is 16.5. The fraction of sp³-hybridized carbons (Fsp3) is 0.750. The lowest BCUT2D eigenvalue weighted by molar-refractivity contribution is -0.178. The van der Waals surface area contributed by atoms with Crippen molar-refractivity contribution in [1.29, 1.82) is 0 Å². The van der Waals surface area contributed by atoms with Crippen LogP contribution in [0.5, 0.6) is 0 Å². The maximum absolute atomic E-state index is 13.8. The molecule has 0 aromatic carbocycles. The first kappa shape index (κ1) is 22.2. The number of hydrogen-bond acceptors (Lipinski definition) is 7. The van der Waals surface area contributed by atoms with E-state index in [4.69, 9.17) is 14.2 Å². The molecule has 7 rings (SSSR count). The SMILES string of the molecule is CC1=C(C)C(=O)OC(C2(C)OC(=O)C34CCC5C(CC6OC67C(O)C=CC(=O)C57C)C3CCC24)C1. The number of aliphatic hydroxyl groups excluding tert-OH is 1. The van der Waals surface area contributed by atoms with Crippen LogP contribution in [0.4, 0.5) is 0 Å². The first-order valence-corrected chi connectivity index (χ1v) is 13.2. The number of fused-ring (bicyclic) bond motifs is 3. The van der Waals surface area contributed by atoms with Crippen LogP contribution >= 0.6 is 0 Å². The number of epoxide rings is 1. The Kier molecular flexibility index (Phi) is 4.10. The van der Waals surface area contributed by atoms with Gasteiger partial charge in [0.2, 0.25) is 0 Å². The highest BCUT2D eigenvalue weighted by molar-refractivity contribution is 5.98. The van der Waals surface area contributed by atoms with Gasteiger partial charge in [0.15, 0.2) is 11.4 Å². The molecule has 3 aliphatic heterocycles. The van der Waals surface area contributed by atoms with Crippen molar-refractivity contribution in [3.05, 3.63) is 23.3 Å². The van der Waals surface area contributed by atoms with E-state index in [1.165, 1.54) is 6.08 Å². The molecule has 7 aliphatic rings. The third-order valence-electron chi connectivity index (χ3n) is 11.8. The van der Waals surface area contributed by atoms with Crippen molar-refractivity contribution in [3.63, 3.8) is 0 Å².